The van der Waals surface area contributed by atoms with E-state index >= 15 is 0 Å². The molecule has 2 aromatic heterocycles. The van der Waals surface area contributed by atoms with Crippen molar-refractivity contribution in [1.82, 2.24) is 14.9 Å². The Bertz CT molecular complexity index is 726. The minimum absolute atomic E-state index is 0.0692. The summed E-state index contributed by atoms with van der Waals surface area (Å²) in [6.07, 6.45) is 0.886. The normalized spacial score (nSPS) is 18.0. The predicted octanol–water partition coefficient (Wildman–Crippen LogP) is 2.16. The van der Waals surface area contributed by atoms with Crippen molar-refractivity contribution in [2.75, 3.05) is 32.1 Å². The Hall–Kier alpha value is -2.17. The Morgan fingerprint density at radius 2 is 2.05 bits per heavy atom. The molecule has 1 saturated heterocycles. The molecule has 1 atom stereocenters. The van der Waals surface area contributed by atoms with Crippen LogP contribution in [-0.2, 0) is 4.79 Å². The zero-order chi connectivity index (χ0) is 15.9. The number of carbonyl (C=O) groups excluding carboxylic acids is 1. The number of anilines is 1. The molecule has 0 aliphatic carbocycles. The maximum absolute atomic E-state index is 12.1. The van der Waals surface area contributed by atoms with Crippen molar-refractivity contribution >= 4 is 22.8 Å². The fourth-order valence-corrected chi connectivity index (χ4v) is 3.13. The smallest absolute Gasteiger partial charge is 0.227 e. The Labute approximate surface area is 131 Å². The molecule has 0 N–H and O–H groups in total. The lowest BCUT2D eigenvalue weighted by molar-refractivity contribution is -0.132. The highest BCUT2D eigenvalue weighted by Gasteiger charge is 2.30. The molecule has 0 aromatic carbocycles. The van der Waals surface area contributed by atoms with Crippen molar-refractivity contribution in [2.24, 2.45) is 5.92 Å². The van der Waals surface area contributed by atoms with Gasteiger partial charge in [-0.2, -0.15) is 0 Å². The summed E-state index contributed by atoms with van der Waals surface area (Å²) in [5.74, 6) is 1.19. The van der Waals surface area contributed by atoms with Crippen LogP contribution in [0.3, 0.4) is 0 Å². The van der Waals surface area contributed by atoms with E-state index in [-0.39, 0.29) is 11.8 Å². The summed E-state index contributed by atoms with van der Waals surface area (Å²) in [5.41, 5.74) is 2.97. The Balaban J connectivity index is 1.87. The van der Waals surface area contributed by atoms with E-state index in [9.17, 15) is 4.79 Å². The molecule has 1 aliphatic heterocycles. The number of amides is 1. The summed E-state index contributed by atoms with van der Waals surface area (Å²) in [4.78, 5) is 25.2. The third kappa shape index (κ3) is 2.63. The third-order valence-electron chi connectivity index (χ3n) is 4.30. The third-order valence-corrected chi connectivity index (χ3v) is 4.30. The van der Waals surface area contributed by atoms with Gasteiger partial charge in [-0.3, -0.25) is 4.79 Å². The van der Waals surface area contributed by atoms with E-state index in [0.29, 0.717) is 0 Å². The second kappa shape index (κ2) is 5.55. The Morgan fingerprint density at radius 1 is 1.27 bits per heavy atom. The highest BCUT2D eigenvalue weighted by atomic mass is 16.2. The number of hydrogen-bond donors (Lipinski definition) is 0. The molecule has 116 valence electrons. The highest BCUT2D eigenvalue weighted by Crippen LogP contribution is 2.26. The highest BCUT2D eigenvalue weighted by molar-refractivity contribution is 5.82. The number of carbonyl (C=O) groups is 1. The second-order valence-electron chi connectivity index (χ2n) is 6.29. The van der Waals surface area contributed by atoms with Crippen LogP contribution in [0.5, 0.6) is 0 Å². The molecule has 1 unspecified atom stereocenters. The largest absolute Gasteiger partial charge is 0.356 e. The lowest BCUT2D eigenvalue weighted by Gasteiger charge is -2.19. The van der Waals surface area contributed by atoms with Crippen LogP contribution in [0.2, 0.25) is 0 Å². The lowest BCUT2D eigenvalue weighted by Crippen LogP contribution is -2.32. The Kier molecular flexibility index (Phi) is 3.72. The topological polar surface area (TPSA) is 49.3 Å². The van der Waals surface area contributed by atoms with E-state index in [1.165, 1.54) is 5.56 Å². The number of rotatable bonds is 2. The molecule has 3 rings (SSSR count). The lowest BCUT2D eigenvalue weighted by atomic mass is 10.1. The average molecular weight is 298 g/mol. The molecule has 2 aromatic rings. The summed E-state index contributed by atoms with van der Waals surface area (Å²) in [5, 5.41) is 1.09. The fraction of sp³-hybridized carbons (Fsp3) is 0.471. The molecular weight excluding hydrogens is 276 g/mol. The molecule has 1 amide bonds. The summed E-state index contributed by atoms with van der Waals surface area (Å²) < 4.78 is 0. The first-order chi connectivity index (χ1) is 10.5. The van der Waals surface area contributed by atoms with Gasteiger partial charge in [0.2, 0.25) is 5.91 Å². The van der Waals surface area contributed by atoms with Gasteiger partial charge in [-0.25, -0.2) is 9.97 Å². The van der Waals surface area contributed by atoms with Crippen molar-refractivity contribution in [3.05, 3.63) is 29.5 Å². The van der Waals surface area contributed by atoms with Gasteiger partial charge >= 0.3 is 0 Å². The zero-order valence-corrected chi connectivity index (χ0v) is 13.6. The summed E-state index contributed by atoms with van der Waals surface area (Å²) in [7, 11) is 3.63. The van der Waals surface area contributed by atoms with E-state index < -0.39 is 0 Å². The molecule has 0 bridgehead atoms. The maximum atomic E-state index is 12.1. The van der Waals surface area contributed by atoms with Gasteiger partial charge in [-0.15, -0.1) is 0 Å². The molecular formula is C17H22N4O. The van der Waals surface area contributed by atoms with Crippen molar-refractivity contribution in [1.29, 1.82) is 0 Å². The van der Waals surface area contributed by atoms with Crippen LogP contribution in [-0.4, -0.2) is 48.0 Å². The first-order valence-corrected chi connectivity index (χ1v) is 7.67. The molecule has 5 nitrogen and oxygen atoms in total. The minimum atomic E-state index is 0.0692. The number of nitrogens with zero attached hydrogens (tertiary/aromatic N) is 4. The molecule has 0 saturated carbocycles. The van der Waals surface area contributed by atoms with E-state index in [1.54, 1.807) is 4.90 Å². The number of fused-ring (bicyclic) bond motifs is 1. The molecule has 1 fully saturated rings. The van der Waals surface area contributed by atoms with E-state index in [2.05, 4.69) is 28.9 Å². The number of aryl methyl sites for hydroxylation is 2. The SMILES string of the molecule is Cc1cc(C)c2ccc(N3CCC(C(=O)N(C)C)C3)nc2n1. The van der Waals surface area contributed by atoms with Gasteiger partial charge in [-0.05, 0) is 44.0 Å². The van der Waals surface area contributed by atoms with Gasteiger partial charge in [-0.1, -0.05) is 0 Å². The molecule has 0 spiro atoms. The van der Waals surface area contributed by atoms with Crippen LogP contribution in [0.25, 0.3) is 11.0 Å². The number of aromatic nitrogens is 2. The van der Waals surface area contributed by atoms with Gasteiger partial charge in [0.25, 0.3) is 0 Å². The summed E-state index contributed by atoms with van der Waals surface area (Å²) in [6, 6.07) is 6.20. The number of hydrogen-bond acceptors (Lipinski definition) is 4. The monoisotopic (exact) mass is 298 g/mol. The van der Waals surface area contributed by atoms with Crippen molar-refractivity contribution in [3.63, 3.8) is 0 Å². The molecule has 22 heavy (non-hydrogen) atoms. The van der Waals surface area contributed by atoms with Crippen LogP contribution in [0.1, 0.15) is 17.7 Å². The van der Waals surface area contributed by atoms with Gasteiger partial charge in [0.15, 0.2) is 5.65 Å². The first kappa shape index (κ1) is 14.8. The van der Waals surface area contributed by atoms with Crippen LogP contribution < -0.4 is 4.90 Å². The maximum Gasteiger partial charge on any atom is 0.227 e. The van der Waals surface area contributed by atoms with Crippen LogP contribution in [0.15, 0.2) is 18.2 Å². The Morgan fingerprint density at radius 3 is 2.77 bits per heavy atom. The zero-order valence-electron chi connectivity index (χ0n) is 13.6. The van der Waals surface area contributed by atoms with Crippen LogP contribution in [0, 0.1) is 19.8 Å². The molecule has 3 heterocycles. The first-order valence-electron chi connectivity index (χ1n) is 7.67. The fourth-order valence-electron chi connectivity index (χ4n) is 3.13. The van der Waals surface area contributed by atoms with Crippen molar-refractivity contribution in [3.8, 4) is 0 Å². The second-order valence-corrected chi connectivity index (χ2v) is 6.29. The predicted molar refractivity (Wildman–Crippen MR) is 88.0 cm³/mol. The standard InChI is InChI=1S/C17H22N4O/c1-11-9-12(2)18-16-14(11)5-6-15(19-16)21-8-7-13(10-21)17(22)20(3)4/h5-6,9,13H,7-8,10H2,1-4H3. The van der Waals surface area contributed by atoms with Gasteiger partial charge in [0.1, 0.15) is 5.82 Å². The van der Waals surface area contributed by atoms with Gasteiger partial charge < -0.3 is 9.80 Å². The molecule has 0 radical (unpaired) electrons. The van der Waals surface area contributed by atoms with Gasteiger partial charge in [0.05, 0.1) is 5.92 Å². The van der Waals surface area contributed by atoms with Crippen molar-refractivity contribution < 1.29 is 4.79 Å². The number of pyridine rings is 2. The van der Waals surface area contributed by atoms with Gasteiger partial charge in [0, 0.05) is 38.3 Å². The van der Waals surface area contributed by atoms with E-state index in [1.807, 2.05) is 27.1 Å². The van der Waals surface area contributed by atoms with Crippen LogP contribution >= 0.6 is 0 Å². The quantitative estimate of drug-likeness (QED) is 0.852. The van der Waals surface area contributed by atoms with E-state index in [4.69, 9.17) is 4.98 Å². The van der Waals surface area contributed by atoms with Crippen molar-refractivity contribution in [2.45, 2.75) is 20.3 Å². The molecule has 1 aliphatic rings. The average Bonchev–Trinajstić information content (AvgIpc) is 2.95. The van der Waals surface area contributed by atoms with E-state index in [0.717, 1.165) is 42.1 Å². The summed E-state index contributed by atoms with van der Waals surface area (Å²) >= 11 is 0. The molecule has 5 heteroatoms. The summed E-state index contributed by atoms with van der Waals surface area (Å²) in [6.45, 7) is 5.68. The minimum Gasteiger partial charge on any atom is -0.356 e. The van der Waals surface area contributed by atoms with Crippen LogP contribution in [0.4, 0.5) is 5.82 Å².